The van der Waals surface area contributed by atoms with Crippen LogP contribution < -0.4 is 5.73 Å². The van der Waals surface area contributed by atoms with Gasteiger partial charge in [0.25, 0.3) is 0 Å². The van der Waals surface area contributed by atoms with Crippen molar-refractivity contribution in [1.82, 2.24) is 4.90 Å². The number of aliphatic hydroxyl groups is 1. The van der Waals surface area contributed by atoms with Crippen LogP contribution in [0.5, 0.6) is 0 Å². The minimum atomic E-state index is -0.706. The van der Waals surface area contributed by atoms with Crippen molar-refractivity contribution in [3.8, 4) is 0 Å². The third-order valence-corrected chi connectivity index (χ3v) is 4.90. The lowest BCUT2D eigenvalue weighted by molar-refractivity contribution is -0.134. The minimum Gasteiger partial charge on any atom is -0.399 e. The largest absolute Gasteiger partial charge is 0.399 e. The predicted octanol–water partition coefficient (Wildman–Crippen LogP) is 3.73. The molecule has 0 aliphatic heterocycles. The third-order valence-electron chi connectivity index (χ3n) is 4.90. The minimum absolute atomic E-state index is 0.0248. The average molecular weight is 340 g/mol. The maximum Gasteiger partial charge on any atom is 0.223 e. The Morgan fingerprint density at radius 1 is 1.12 bits per heavy atom. The number of carbonyl (C=O) groups excluding carboxylic acids is 1. The number of nitrogens with two attached hydrogens (primary N) is 1. The fourth-order valence-corrected chi connectivity index (χ4v) is 3.03. The maximum absolute atomic E-state index is 12.7. The number of aliphatic hydroxyl groups excluding tert-OH is 1. The van der Waals surface area contributed by atoms with Gasteiger partial charge in [0.2, 0.25) is 5.91 Å². The summed E-state index contributed by atoms with van der Waals surface area (Å²) in [4.78, 5) is 14.4. The molecule has 0 saturated carbocycles. The molecule has 0 spiro atoms. The Kier molecular flexibility index (Phi) is 6.59. The van der Waals surface area contributed by atoms with E-state index in [0.717, 1.165) is 17.5 Å². The second-order valence-electron chi connectivity index (χ2n) is 6.58. The molecule has 4 heteroatoms. The Labute approximate surface area is 150 Å². The smallest absolute Gasteiger partial charge is 0.223 e. The van der Waals surface area contributed by atoms with Gasteiger partial charge >= 0.3 is 0 Å². The lowest BCUT2D eigenvalue weighted by Gasteiger charge is -2.30. The molecule has 0 unspecified atom stereocenters. The Morgan fingerprint density at radius 2 is 1.76 bits per heavy atom. The normalized spacial score (nSPS) is 14.6. The van der Waals surface area contributed by atoms with E-state index in [9.17, 15) is 9.90 Å². The molecule has 2 rings (SSSR count). The molecule has 0 aliphatic carbocycles. The molecule has 0 aliphatic rings. The molecule has 4 nitrogen and oxygen atoms in total. The average Bonchev–Trinajstić information content (AvgIpc) is 2.64. The maximum atomic E-state index is 12.7. The first-order valence-corrected chi connectivity index (χ1v) is 8.78. The van der Waals surface area contributed by atoms with E-state index < -0.39 is 6.10 Å². The van der Waals surface area contributed by atoms with Crippen molar-refractivity contribution in [3.63, 3.8) is 0 Å². The molecule has 1 amide bonds. The second-order valence-corrected chi connectivity index (χ2v) is 6.58. The summed E-state index contributed by atoms with van der Waals surface area (Å²) in [7, 11) is 1.76. The SMILES string of the molecule is CC[C@H](CC(=O)N(C)[C@H](C)[C@@H](O)c1ccccc1)c1cccc(N)c1. The molecule has 3 N–H and O–H groups in total. The van der Waals surface area contributed by atoms with Gasteiger partial charge in [-0.05, 0) is 42.5 Å². The van der Waals surface area contributed by atoms with Gasteiger partial charge in [-0.2, -0.15) is 0 Å². The highest BCUT2D eigenvalue weighted by atomic mass is 16.3. The zero-order valence-electron chi connectivity index (χ0n) is 15.2. The van der Waals surface area contributed by atoms with E-state index in [2.05, 4.69) is 6.92 Å². The van der Waals surface area contributed by atoms with Crippen LogP contribution in [0.4, 0.5) is 5.69 Å². The van der Waals surface area contributed by atoms with Gasteiger partial charge < -0.3 is 15.7 Å². The molecule has 0 bridgehead atoms. The van der Waals surface area contributed by atoms with Crippen LogP contribution in [0.3, 0.4) is 0 Å². The first-order valence-electron chi connectivity index (χ1n) is 8.78. The number of hydrogen-bond donors (Lipinski definition) is 2. The molecule has 0 saturated heterocycles. The lowest BCUT2D eigenvalue weighted by Crippen LogP contribution is -2.39. The monoisotopic (exact) mass is 340 g/mol. The summed E-state index contributed by atoms with van der Waals surface area (Å²) >= 11 is 0. The van der Waals surface area contributed by atoms with Crippen LogP contribution in [0, 0.1) is 0 Å². The number of anilines is 1. The zero-order valence-corrected chi connectivity index (χ0v) is 15.2. The summed E-state index contributed by atoms with van der Waals surface area (Å²) in [5.74, 6) is 0.149. The van der Waals surface area contributed by atoms with Gasteiger partial charge in [-0.1, -0.05) is 49.4 Å². The van der Waals surface area contributed by atoms with E-state index in [-0.39, 0.29) is 17.9 Å². The van der Waals surface area contributed by atoms with Crippen LogP contribution >= 0.6 is 0 Å². The molecule has 25 heavy (non-hydrogen) atoms. The van der Waals surface area contributed by atoms with Gasteiger partial charge in [-0.25, -0.2) is 0 Å². The van der Waals surface area contributed by atoms with Gasteiger partial charge in [0.05, 0.1) is 12.1 Å². The van der Waals surface area contributed by atoms with Crippen molar-refractivity contribution in [2.45, 2.75) is 44.8 Å². The second kappa shape index (κ2) is 8.67. The molecular weight excluding hydrogens is 312 g/mol. The number of rotatable bonds is 7. The lowest BCUT2D eigenvalue weighted by atomic mass is 9.92. The fourth-order valence-electron chi connectivity index (χ4n) is 3.03. The number of amides is 1. The highest BCUT2D eigenvalue weighted by Gasteiger charge is 2.25. The summed E-state index contributed by atoms with van der Waals surface area (Å²) in [5, 5.41) is 10.5. The number of carbonyl (C=O) groups is 1. The van der Waals surface area contributed by atoms with E-state index in [4.69, 9.17) is 5.73 Å². The summed E-state index contributed by atoms with van der Waals surface area (Å²) in [5.41, 5.74) is 8.48. The van der Waals surface area contributed by atoms with Gasteiger partial charge in [-0.3, -0.25) is 4.79 Å². The van der Waals surface area contributed by atoms with Crippen LogP contribution in [-0.2, 0) is 4.79 Å². The Bertz CT molecular complexity index is 687. The Balaban J connectivity index is 2.05. The van der Waals surface area contributed by atoms with Crippen LogP contribution in [0.2, 0.25) is 0 Å². The van der Waals surface area contributed by atoms with E-state index >= 15 is 0 Å². The van der Waals surface area contributed by atoms with Gasteiger partial charge in [-0.15, -0.1) is 0 Å². The molecule has 2 aromatic carbocycles. The fraction of sp³-hybridized carbons (Fsp3) is 0.381. The molecule has 0 heterocycles. The summed E-state index contributed by atoms with van der Waals surface area (Å²) in [6.45, 7) is 3.94. The van der Waals surface area contributed by atoms with Crippen LogP contribution in [0.1, 0.15) is 49.8 Å². The van der Waals surface area contributed by atoms with Gasteiger partial charge in [0, 0.05) is 19.2 Å². The number of benzene rings is 2. The highest BCUT2D eigenvalue weighted by molar-refractivity contribution is 5.77. The molecular formula is C21H28N2O2. The first kappa shape index (κ1) is 19.0. The van der Waals surface area contributed by atoms with Crippen LogP contribution in [0.15, 0.2) is 54.6 Å². The molecule has 134 valence electrons. The summed E-state index contributed by atoms with van der Waals surface area (Å²) in [6, 6.07) is 16.9. The number of nitrogen functional groups attached to an aromatic ring is 1. The molecule has 0 aromatic heterocycles. The van der Waals surface area contributed by atoms with E-state index in [1.54, 1.807) is 11.9 Å². The Morgan fingerprint density at radius 3 is 2.36 bits per heavy atom. The third kappa shape index (κ3) is 4.83. The summed E-state index contributed by atoms with van der Waals surface area (Å²) in [6.07, 6.45) is 0.559. The van der Waals surface area contributed by atoms with E-state index in [1.165, 1.54) is 0 Å². The van der Waals surface area contributed by atoms with Crippen molar-refractivity contribution in [2.75, 3.05) is 12.8 Å². The van der Waals surface area contributed by atoms with Crippen LogP contribution in [0.25, 0.3) is 0 Å². The zero-order chi connectivity index (χ0) is 18.4. The topological polar surface area (TPSA) is 66.6 Å². The van der Waals surface area contributed by atoms with Crippen molar-refractivity contribution in [1.29, 1.82) is 0 Å². The van der Waals surface area contributed by atoms with Crippen molar-refractivity contribution in [2.24, 2.45) is 0 Å². The van der Waals surface area contributed by atoms with Crippen LogP contribution in [-0.4, -0.2) is 29.0 Å². The number of hydrogen-bond acceptors (Lipinski definition) is 3. The van der Waals surface area contributed by atoms with Gasteiger partial charge in [0.1, 0.15) is 0 Å². The molecule has 0 radical (unpaired) electrons. The molecule has 2 aromatic rings. The quantitative estimate of drug-likeness (QED) is 0.755. The first-order chi connectivity index (χ1) is 11.9. The highest BCUT2D eigenvalue weighted by Crippen LogP contribution is 2.27. The van der Waals surface area contributed by atoms with Gasteiger partial charge in [0.15, 0.2) is 0 Å². The van der Waals surface area contributed by atoms with E-state index in [1.807, 2.05) is 61.5 Å². The molecule has 0 fully saturated rings. The Hall–Kier alpha value is -2.33. The standard InChI is InChI=1S/C21H28N2O2/c1-4-16(18-11-8-12-19(22)13-18)14-20(24)23(3)15(2)21(25)17-9-6-5-7-10-17/h5-13,15-16,21,25H,4,14,22H2,1-3H3/t15-,16-,21-/m1/s1. The number of nitrogens with zero attached hydrogens (tertiary/aromatic N) is 1. The predicted molar refractivity (Wildman–Crippen MR) is 102 cm³/mol. The molecule has 3 atom stereocenters. The van der Waals surface area contributed by atoms with Crippen molar-refractivity contribution >= 4 is 11.6 Å². The van der Waals surface area contributed by atoms with Crippen molar-refractivity contribution < 1.29 is 9.90 Å². The van der Waals surface area contributed by atoms with E-state index in [0.29, 0.717) is 12.1 Å². The number of likely N-dealkylation sites (N-methyl/N-ethyl adjacent to an activating group) is 1. The summed E-state index contributed by atoms with van der Waals surface area (Å²) < 4.78 is 0. The van der Waals surface area contributed by atoms with Crippen molar-refractivity contribution in [3.05, 3.63) is 65.7 Å².